The van der Waals surface area contributed by atoms with Gasteiger partial charge in [-0.05, 0) is 84.8 Å². The number of anilines is 1. The maximum Gasteiger partial charge on any atom is 0.153 e. The van der Waals surface area contributed by atoms with Crippen LogP contribution in [0.1, 0.15) is 45.2 Å². The summed E-state index contributed by atoms with van der Waals surface area (Å²) in [6, 6.07) is 25.5. The number of rotatable bonds is 7. The van der Waals surface area contributed by atoms with Gasteiger partial charge in [0.2, 0.25) is 0 Å². The topological polar surface area (TPSA) is 44.0 Å². The standard InChI is InChI=1S/C33H32ClFN4/c1-21-22(2)37-32-29(21)18-31(38-33(32)39-14-13-25-9-3-4-10-26(25)20-39)30(17-23-7-6-12-28(35)16-23)36-19-24-8-5-11-27(34)15-24/h3-12,15-16,18,30,36-37H,13-14,17,19-20H2,1-2H3. The molecule has 6 heteroatoms. The first-order valence-electron chi connectivity index (χ1n) is 13.5. The average Bonchev–Trinajstić information content (AvgIpc) is 3.23. The number of pyridine rings is 1. The fourth-order valence-electron chi connectivity index (χ4n) is 5.61. The molecule has 0 fully saturated rings. The lowest BCUT2D eigenvalue weighted by Gasteiger charge is -2.31. The molecule has 39 heavy (non-hydrogen) atoms. The Morgan fingerprint density at radius 1 is 0.974 bits per heavy atom. The van der Waals surface area contributed by atoms with Crippen LogP contribution in [0.15, 0.2) is 78.9 Å². The molecule has 0 radical (unpaired) electrons. The van der Waals surface area contributed by atoms with Crippen LogP contribution in [-0.4, -0.2) is 16.5 Å². The Balaban J connectivity index is 1.42. The third-order valence-electron chi connectivity index (χ3n) is 7.86. The smallest absolute Gasteiger partial charge is 0.153 e. The average molecular weight is 539 g/mol. The van der Waals surface area contributed by atoms with Crippen molar-refractivity contribution in [2.75, 3.05) is 11.4 Å². The zero-order valence-electron chi connectivity index (χ0n) is 22.3. The van der Waals surface area contributed by atoms with Crippen LogP contribution in [0.3, 0.4) is 0 Å². The number of hydrogen-bond acceptors (Lipinski definition) is 3. The van der Waals surface area contributed by atoms with E-state index in [1.807, 2.05) is 24.3 Å². The van der Waals surface area contributed by atoms with Crippen LogP contribution in [0.25, 0.3) is 10.9 Å². The van der Waals surface area contributed by atoms with E-state index in [4.69, 9.17) is 16.6 Å². The van der Waals surface area contributed by atoms with Gasteiger partial charge in [-0.3, -0.25) is 0 Å². The number of fused-ring (bicyclic) bond motifs is 2. The van der Waals surface area contributed by atoms with Gasteiger partial charge in [0, 0.05) is 35.7 Å². The Morgan fingerprint density at radius 3 is 2.59 bits per heavy atom. The van der Waals surface area contributed by atoms with Crippen molar-refractivity contribution < 1.29 is 4.39 Å². The van der Waals surface area contributed by atoms with Crippen molar-refractivity contribution in [3.05, 3.63) is 129 Å². The van der Waals surface area contributed by atoms with E-state index in [-0.39, 0.29) is 11.9 Å². The Labute approximate surface area is 233 Å². The molecule has 3 heterocycles. The zero-order valence-corrected chi connectivity index (χ0v) is 23.0. The minimum absolute atomic E-state index is 0.124. The molecule has 2 aromatic heterocycles. The molecule has 1 atom stereocenters. The molecule has 5 aromatic rings. The highest BCUT2D eigenvalue weighted by Crippen LogP contribution is 2.34. The highest BCUT2D eigenvalue weighted by molar-refractivity contribution is 6.30. The molecule has 0 aliphatic carbocycles. The molecule has 1 aliphatic heterocycles. The highest BCUT2D eigenvalue weighted by Gasteiger charge is 2.24. The molecule has 0 saturated carbocycles. The minimum Gasteiger partial charge on any atom is -0.355 e. The normalized spacial score (nSPS) is 14.0. The predicted octanol–water partition coefficient (Wildman–Crippen LogP) is 7.61. The SMILES string of the molecule is Cc1[nH]c2c(N3CCc4ccccc4C3)nc(C(Cc3cccc(F)c3)NCc3cccc(Cl)c3)cc2c1C. The summed E-state index contributed by atoms with van der Waals surface area (Å²) in [5.74, 6) is 0.747. The maximum absolute atomic E-state index is 14.1. The second-order valence-electron chi connectivity index (χ2n) is 10.5. The summed E-state index contributed by atoms with van der Waals surface area (Å²) in [5.41, 5.74) is 9.18. The molecule has 3 aromatic carbocycles. The van der Waals surface area contributed by atoms with E-state index < -0.39 is 0 Å². The van der Waals surface area contributed by atoms with E-state index >= 15 is 0 Å². The lowest BCUT2D eigenvalue weighted by atomic mass is 9.98. The number of nitrogens with one attached hydrogen (secondary N) is 2. The number of halogens is 2. The quantitative estimate of drug-likeness (QED) is 0.224. The summed E-state index contributed by atoms with van der Waals surface area (Å²) in [6.07, 6.45) is 1.60. The summed E-state index contributed by atoms with van der Waals surface area (Å²) >= 11 is 6.26. The van der Waals surface area contributed by atoms with Gasteiger partial charge in [0.15, 0.2) is 5.82 Å². The Morgan fingerprint density at radius 2 is 1.77 bits per heavy atom. The van der Waals surface area contributed by atoms with Crippen molar-refractivity contribution in [3.63, 3.8) is 0 Å². The van der Waals surface area contributed by atoms with Gasteiger partial charge in [-0.15, -0.1) is 0 Å². The highest BCUT2D eigenvalue weighted by atomic mass is 35.5. The van der Waals surface area contributed by atoms with Gasteiger partial charge in [0.1, 0.15) is 5.82 Å². The fraction of sp³-hybridized carbons (Fsp3) is 0.242. The summed E-state index contributed by atoms with van der Waals surface area (Å²) in [5, 5.41) is 5.60. The van der Waals surface area contributed by atoms with Gasteiger partial charge >= 0.3 is 0 Å². The first-order chi connectivity index (χ1) is 18.9. The van der Waals surface area contributed by atoms with Gasteiger partial charge in [-0.1, -0.05) is 60.1 Å². The Kier molecular flexibility index (Phi) is 7.11. The van der Waals surface area contributed by atoms with E-state index in [1.54, 1.807) is 12.1 Å². The number of aromatic amines is 1. The third kappa shape index (κ3) is 5.42. The van der Waals surface area contributed by atoms with Crippen LogP contribution in [-0.2, 0) is 25.9 Å². The van der Waals surface area contributed by atoms with E-state index in [0.29, 0.717) is 18.0 Å². The second kappa shape index (κ2) is 10.8. The summed E-state index contributed by atoms with van der Waals surface area (Å²) in [4.78, 5) is 11.3. The molecule has 6 rings (SSSR count). The van der Waals surface area contributed by atoms with Crippen molar-refractivity contribution in [2.45, 2.75) is 45.8 Å². The number of benzene rings is 3. The third-order valence-corrected chi connectivity index (χ3v) is 8.09. The number of hydrogen-bond donors (Lipinski definition) is 2. The van der Waals surface area contributed by atoms with Crippen LogP contribution in [0.2, 0.25) is 5.02 Å². The Hall–Kier alpha value is -3.67. The van der Waals surface area contributed by atoms with Gasteiger partial charge in [0.25, 0.3) is 0 Å². The van der Waals surface area contributed by atoms with Crippen LogP contribution < -0.4 is 10.2 Å². The Bertz CT molecular complexity index is 1640. The van der Waals surface area contributed by atoms with Crippen molar-refractivity contribution in [3.8, 4) is 0 Å². The van der Waals surface area contributed by atoms with Crippen molar-refractivity contribution in [2.24, 2.45) is 0 Å². The lowest BCUT2D eigenvalue weighted by molar-refractivity contribution is 0.516. The van der Waals surface area contributed by atoms with E-state index in [2.05, 4.69) is 65.4 Å². The van der Waals surface area contributed by atoms with Gasteiger partial charge in [-0.2, -0.15) is 0 Å². The number of H-pyrrole nitrogens is 1. The van der Waals surface area contributed by atoms with Gasteiger partial charge in [-0.25, -0.2) is 9.37 Å². The largest absolute Gasteiger partial charge is 0.355 e. The van der Waals surface area contributed by atoms with Crippen molar-refractivity contribution in [1.29, 1.82) is 0 Å². The predicted molar refractivity (Wildman–Crippen MR) is 158 cm³/mol. The van der Waals surface area contributed by atoms with Crippen molar-refractivity contribution in [1.82, 2.24) is 15.3 Å². The number of nitrogens with zero attached hydrogens (tertiary/aromatic N) is 2. The minimum atomic E-state index is -0.228. The monoisotopic (exact) mass is 538 g/mol. The molecule has 0 bridgehead atoms. The van der Waals surface area contributed by atoms with Crippen LogP contribution in [0.4, 0.5) is 10.2 Å². The molecule has 0 amide bonds. The molecule has 1 aliphatic rings. The maximum atomic E-state index is 14.1. The molecule has 0 spiro atoms. The molecule has 4 nitrogen and oxygen atoms in total. The second-order valence-corrected chi connectivity index (χ2v) is 10.9. The number of aryl methyl sites for hydroxylation is 2. The van der Waals surface area contributed by atoms with E-state index in [1.165, 1.54) is 28.1 Å². The molecule has 0 saturated heterocycles. The summed E-state index contributed by atoms with van der Waals surface area (Å²) in [7, 11) is 0. The molecule has 2 N–H and O–H groups in total. The molecule has 198 valence electrons. The first kappa shape index (κ1) is 25.6. The zero-order chi connectivity index (χ0) is 26.9. The van der Waals surface area contributed by atoms with E-state index in [9.17, 15) is 4.39 Å². The molecule has 1 unspecified atom stereocenters. The van der Waals surface area contributed by atoms with Gasteiger partial charge < -0.3 is 15.2 Å². The van der Waals surface area contributed by atoms with Crippen LogP contribution in [0.5, 0.6) is 0 Å². The summed E-state index contributed by atoms with van der Waals surface area (Å²) in [6.45, 7) is 6.63. The van der Waals surface area contributed by atoms with Crippen LogP contribution >= 0.6 is 11.6 Å². The van der Waals surface area contributed by atoms with Crippen molar-refractivity contribution >= 4 is 28.3 Å². The fourth-order valence-corrected chi connectivity index (χ4v) is 5.82. The molecular formula is C33H32ClFN4. The number of aromatic nitrogens is 2. The van der Waals surface area contributed by atoms with E-state index in [0.717, 1.165) is 53.4 Å². The summed E-state index contributed by atoms with van der Waals surface area (Å²) < 4.78 is 14.1. The molecular weight excluding hydrogens is 507 g/mol. The van der Waals surface area contributed by atoms with Crippen LogP contribution in [0, 0.1) is 19.7 Å². The first-order valence-corrected chi connectivity index (χ1v) is 13.9. The lowest BCUT2D eigenvalue weighted by Crippen LogP contribution is -2.32. The van der Waals surface area contributed by atoms with Gasteiger partial charge in [0.05, 0.1) is 17.3 Å².